The minimum Gasteiger partial charge on any atom is -0.313 e. The summed E-state index contributed by atoms with van der Waals surface area (Å²) in [4.78, 5) is 0. The molecular formula is C13H20N4O2S2. The number of aryl methyl sites for hydroxylation is 1. The second-order valence-electron chi connectivity index (χ2n) is 4.65. The molecule has 0 aromatic carbocycles. The highest BCUT2D eigenvalue weighted by molar-refractivity contribution is 7.91. The molecule has 2 heterocycles. The van der Waals surface area contributed by atoms with Crippen LogP contribution in [-0.2, 0) is 30.0 Å². The third-order valence-corrected chi connectivity index (χ3v) is 6.02. The van der Waals surface area contributed by atoms with E-state index in [4.69, 9.17) is 0 Å². The van der Waals surface area contributed by atoms with Crippen LogP contribution in [0.15, 0.2) is 27.9 Å². The molecule has 6 nitrogen and oxygen atoms in total. The molecule has 0 atom stereocenters. The smallest absolute Gasteiger partial charge is 0.250 e. The second kappa shape index (κ2) is 7.17. The number of thiophene rings is 1. The van der Waals surface area contributed by atoms with Crippen LogP contribution >= 0.6 is 11.3 Å². The van der Waals surface area contributed by atoms with Crippen molar-refractivity contribution in [2.45, 2.75) is 24.1 Å². The van der Waals surface area contributed by atoms with E-state index in [0.29, 0.717) is 23.7 Å². The first-order valence-electron chi connectivity index (χ1n) is 6.77. The van der Waals surface area contributed by atoms with Gasteiger partial charge in [-0.05, 0) is 29.6 Å². The van der Waals surface area contributed by atoms with Gasteiger partial charge in [-0.3, -0.25) is 4.68 Å². The number of aromatic nitrogens is 2. The Kier molecular flexibility index (Phi) is 5.51. The molecule has 8 heteroatoms. The minimum absolute atomic E-state index is 0.361. The quantitative estimate of drug-likeness (QED) is 0.761. The molecule has 0 spiro atoms. The van der Waals surface area contributed by atoms with Crippen LogP contribution in [0.4, 0.5) is 0 Å². The molecule has 116 valence electrons. The van der Waals surface area contributed by atoms with E-state index in [1.807, 2.05) is 25.4 Å². The molecule has 0 saturated carbocycles. The van der Waals surface area contributed by atoms with E-state index in [9.17, 15) is 8.42 Å². The first-order chi connectivity index (χ1) is 10.0. The summed E-state index contributed by atoms with van der Waals surface area (Å²) >= 11 is 1.25. The third-order valence-electron chi connectivity index (χ3n) is 3.07. The zero-order valence-corrected chi connectivity index (χ0v) is 13.8. The number of nitrogens with one attached hydrogen (secondary N) is 2. The van der Waals surface area contributed by atoms with E-state index in [1.165, 1.54) is 11.3 Å². The molecule has 2 aromatic heterocycles. The molecule has 0 aliphatic rings. The van der Waals surface area contributed by atoms with E-state index < -0.39 is 10.0 Å². The van der Waals surface area contributed by atoms with Crippen molar-refractivity contribution in [3.05, 3.63) is 35.0 Å². The van der Waals surface area contributed by atoms with Gasteiger partial charge < -0.3 is 5.32 Å². The maximum Gasteiger partial charge on any atom is 0.250 e. The van der Waals surface area contributed by atoms with Crippen LogP contribution in [0.5, 0.6) is 0 Å². The zero-order valence-electron chi connectivity index (χ0n) is 12.2. The van der Waals surface area contributed by atoms with Crippen molar-refractivity contribution in [1.82, 2.24) is 19.8 Å². The highest BCUT2D eigenvalue weighted by Crippen LogP contribution is 2.20. The summed E-state index contributed by atoms with van der Waals surface area (Å²) in [6.45, 7) is 3.94. The Balaban J connectivity index is 1.92. The lowest BCUT2D eigenvalue weighted by molar-refractivity contribution is 0.581. The van der Waals surface area contributed by atoms with Gasteiger partial charge in [0.15, 0.2) is 0 Å². The fourth-order valence-electron chi connectivity index (χ4n) is 1.89. The predicted molar refractivity (Wildman–Crippen MR) is 83.8 cm³/mol. The number of hydrogen-bond donors (Lipinski definition) is 2. The second-order valence-corrected chi connectivity index (χ2v) is 7.55. The lowest BCUT2D eigenvalue weighted by Gasteiger charge is -2.05. The van der Waals surface area contributed by atoms with E-state index in [-0.39, 0.29) is 0 Å². The number of rotatable bonds is 8. The molecule has 0 aliphatic carbocycles. The van der Waals surface area contributed by atoms with Gasteiger partial charge in [-0.15, -0.1) is 11.3 Å². The molecule has 0 unspecified atom stereocenters. The molecule has 21 heavy (non-hydrogen) atoms. The lowest BCUT2D eigenvalue weighted by atomic mass is 10.3. The van der Waals surface area contributed by atoms with Crippen molar-refractivity contribution in [3.8, 4) is 0 Å². The van der Waals surface area contributed by atoms with Crippen molar-refractivity contribution in [2.75, 3.05) is 13.1 Å². The minimum atomic E-state index is -3.42. The van der Waals surface area contributed by atoms with Crippen molar-refractivity contribution in [1.29, 1.82) is 0 Å². The number of hydrogen-bond acceptors (Lipinski definition) is 5. The van der Waals surface area contributed by atoms with E-state index in [0.717, 1.165) is 17.8 Å². The van der Waals surface area contributed by atoms with E-state index >= 15 is 0 Å². The summed E-state index contributed by atoms with van der Waals surface area (Å²) in [6, 6.07) is 3.60. The highest BCUT2D eigenvalue weighted by atomic mass is 32.2. The summed E-state index contributed by atoms with van der Waals surface area (Å²) in [7, 11) is -1.58. The largest absolute Gasteiger partial charge is 0.313 e. The Morgan fingerprint density at radius 2 is 2.24 bits per heavy atom. The average Bonchev–Trinajstić information content (AvgIpc) is 3.06. The monoisotopic (exact) mass is 328 g/mol. The van der Waals surface area contributed by atoms with Gasteiger partial charge in [0.1, 0.15) is 4.21 Å². The molecule has 2 aromatic rings. The van der Waals surface area contributed by atoms with Crippen molar-refractivity contribution in [3.63, 3.8) is 0 Å². The summed E-state index contributed by atoms with van der Waals surface area (Å²) in [6.07, 6.45) is 2.32. The summed E-state index contributed by atoms with van der Waals surface area (Å²) in [5.41, 5.74) is 1.99. The van der Waals surface area contributed by atoms with Crippen LogP contribution in [0.2, 0.25) is 0 Å². The summed E-state index contributed by atoms with van der Waals surface area (Å²) < 4.78 is 29.1. The SMILES string of the molecule is CCNCc1csc(S(=O)(=O)NCCc2ccnn2C)c1. The maximum atomic E-state index is 12.2. The molecule has 2 rings (SSSR count). The standard InChI is InChI=1S/C13H20N4O2S2/c1-3-14-9-11-8-13(20-10-11)21(18,19)16-7-5-12-4-6-15-17(12)2/h4,6,8,10,14,16H,3,5,7,9H2,1-2H3. The maximum absolute atomic E-state index is 12.2. The van der Waals surface area contributed by atoms with Crippen molar-refractivity contribution < 1.29 is 8.42 Å². The molecule has 0 aliphatic heterocycles. The van der Waals surface area contributed by atoms with Gasteiger partial charge in [-0.25, -0.2) is 13.1 Å². The van der Waals surface area contributed by atoms with E-state index in [1.54, 1.807) is 16.9 Å². The van der Waals surface area contributed by atoms with Crippen molar-refractivity contribution >= 4 is 21.4 Å². The summed E-state index contributed by atoms with van der Waals surface area (Å²) in [5.74, 6) is 0. The van der Waals surface area contributed by atoms with Gasteiger partial charge >= 0.3 is 0 Å². The first kappa shape index (κ1) is 16.2. The zero-order chi connectivity index (χ0) is 15.3. The first-order valence-corrected chi connectivity index (χ1v) is 9.14. The summed E-state index contributed by atoms with van der Waals surface area (Å²) in [5, 5.41) is 9.11. The van der Waals surface area contributed by atoms with Crippen LogP contribution in [0.3, 0.4) is 0 Å². The third kappa shape index (κ3) is 4.37. The lowest BCUT2D eigenvalue weighted by Crippen LogP contribution is -2.25. The molecule has 0 bridgehead atoms. The Morgan fingerprint density at radius 1 is 1.43 bits per heavy atom. The molecule has 0 radical (unpaired) electrons. The Bertz CT molecular complexity index is 676. The highest BCUT2D eigenvalue weighted by Gasteiger charge is 2.16. The average molecular weight is 328 g/mol. The Morgan fingerprint density at radius 3 is 2.90 bits per heavy atom. The Hall–Kier alpha value is -1.22. The fourth-order valence-corrected chi connectivity index (χ4v) is 4.17. The number of nitrogens with zero attached hydrogens (tertiary/aromatic N) is 2. The normalized spacial score (nSPS) is 11.9. The van der Waals surface area contributed by atoms with Crippen LogP contribution in [0.1, 0.15) is 18.2 Å². The molecule has 0 amide bonds. The fraction of sp³-hybridized carbons (Fsp3) is 0.462. The molecule has 0 saturated heterocycles. The van der Waals surface area contributed by atoms with Gasteiger partial charge in [-0.2, -0.15) is 5.10 Å². The van der Waals surface area contributed by atoms with Gasteiger partial charge in [-0.1, -0.05) is 6.92 Å². The molecular weight excluding hydrogens is 308 g/mol. The van der Waals surface area contributed by atoms with Crippen LogP contribution in [-0.4, -0.2) is 31.3 Å². The Labute approximate surface area is 129 Å². The number of sulfonamides is 1. The van der Waals surface area contributed by atoms with Crippen LogP contribution < -0.4 is 10.0 Å². The van der Waals surface area contributed by atoms with Gasteiger partial charge in [0, 0.05) is 38.4 Å². The van der Waals surface area contributed by atoms with Gasteiger partial charge in [0.25, 0.3) is 0 Å². The molecule has 0 fully saturated rings. The van der Waals surface area contributed by atoms with Crippen LogP contribution in [0, 0.1) is 0 Å². The molecule has 2 N–H and O–H groups in total. The van der Waals surface area contributed by atoms with Gasteiger partial charge in [0.05, 0.1) is 0 Å². The topological polar surface area (TPSA) is 76.0 Å². The van der Waals surface area contributed by atoms with Gasteiger partial charge in [0.2, 0.25) is 10.0 Å². The van der Waals surface area contributed by atoms with Crippen molar-refractivity contribution in [2.24, 2.45) is 7.05 Å². The van der Waals surface area contributed by atoms with E-state index in [2.05, 4.69) is 15.1 Å². The van der Waals surface area contributed by atoms with Crippen LogP contribution in [0.25, 0.3) is 0 Å². The predicted octanol–water partition coefficient (Wildman–Crippen LogP) is 1.11.